The van der Waals surface area contributed by atoms with Crippen LogP contribution < -0.4 is 0 Å². The van der Waals surface area contributed by atoms with Gasteiger partial charge in [-0.25, -0.2) is 0 Å². The molecule has 0 aliphatic heterocycles. The Morgan fingerprint density at radius 3 is 2.14 bits per heavy atom. The molecule has 0 spiro atoms. The van der Waals surface area contributed by atoms with Gasteiger partial charge in [0, 0.05) is 11.6 Å². The SMILES string of the molecule is CC1CCC(N(C)C(C)(C)CO)CC1. The number of aliphatic hydroxyl groups is 1. The molecule has 14 heavy (non-hydrogen) atoms. The van der Waals surface area contributed by atoms with E-state index in [-0.39, 0.29) is 12.1 Å². The Balaban J connectivity index is 2.49. The molecular formula is C12H25NO. The fourth-order valence-corrected chi connectivity index (χ4v) is 2.24. The molecule has 2 nitrogen and oxygen atoms in total. The largest absolute Gasteiger partial charge is 0.394 e. The standard InChI is InChI=1S/C12H25NO/c1-10-5-7-11(8-6-10)13(4)12(2,3)9-14/h10-11,14H,5-9H2,1-4H3. The van der Waals surface area contributed by atoms with Gasteiger partial charge >= 0.3 is 0 Å². The Morgan fingerprint density at radius 2 is 1.71 bits per heavy atom. The lowest BCUT2D eigenvalue weighted by Crippen LogP contribution is -2.50. The van der Waals surface area contributed by atoms with Crippen LogP contribution in [0.3, 0.4) is 0 Å². The van der Waals surface area contributed by atoms with E-state index in [0.717, 1.165) is 5.92 Å². The third kappa shape index (κ3) is 2.71. The van der Waals surface area contributed by atoms with Crippen molar-refractivity contribution in [2.75, 3.05) is 13.7 Å². The first-order valence-corrected chi connectivity index (χ1v) is 5.81. The Labute approximate surface area is 88.3 Å². The number of hydrogen-bond acceptors (Lipinski definition) is 2. The Morgan fingerprint density at radius 1 is 1.21 bits per heavy atom. The fourth-order valence-electron chi connectivity index (χ4n) is 2.24. The summed E-state index contributed by atoms with van der Waals surface area (Å²) >= 11 is 0. The van der Waals surface area contributed by atoms with Crippen LogP contribution in [0.4, 0.5) is 0 Å². The van der Waals surface area contributed by atoms with Crippen LogP contribution in [0, 0.1) is 5.92 Å². The van der Waals surface area contributed by atoms with Crippen LogP contribution in [0.1, 0.15) is 46.5 Å². The lowest BCUT2D eigenvalue weighted by Gasteiger charge is -2.42. The summed E-state index contributed by atoms with van der Waals surface area (Å²) in [4.78, 5) is 2.36. The van der Waals surface area contributed by atoms with E-state index in [0.29, 0.717) is 6.04 Å². The second kappa shape index (κ2) is 4.63. The molecule has 1 saturated carbocycles. The van der Waals surface area contributed by atoms with E-state index in [1.807, 2.05) is 0 Å². The van der Waals surface area contributed by atoms with Gasteiger partial charge in [0.15, 0.2) is 0 Å². The highest BCUT2D eigenvalue weighted by Crippen LogP contribution is 2.29. The molecule has 0 aromatic rings. The van der Waals surface area contributed by atoms with Gasteiger partial charge in [0.1, 0.15) is 0 Å². The molecule has 0 heterocycles. The summed E-state index contributed by atoms with van der Waals surface area (Å²) in [5, 5.41) is 9.31. The van der Waals surface area contributed by atoms with Crippen LogP contribution >= 0.6 is 0 Å². The number of aliphatic hydroxyl groups excluding tert-OH is 1. The van der Waals surface area contributed by atoms with Crippen molar-refractivity contribution >= 4 is 0 Å². The van der Waals surface area contributed by atoms with Crippen molar-refractivity contribution in [2.45, 2.75) is 58.0 Å². The molecule has 84 valence electrons. The topological polar surface area (TPSA) is 23.5 Å². The molecule has 0 saturated heterocycles. The molecule has 2 heteroatoms. The second-order valence-corrected chi connectivity index (χ2v) is 5.50. The van der Waals surface area contributed by atoms with E-state index in [1.165, 1.54) is 25.7 Å². The van der Waals surface area contributed by atoms with Gasteiger partial charge in [0.05, 0.1) is 6.61 Å². The molecule has 1 N–H and O–H groups in total. The van der Waals surface area contributed by atoms with Crippen molar-refractivity contribution in [1.29, 1.82) is 0 Å². The second-order valence-electron chi connectivity index (χ2n) is 5.50. The monoisotopic (exact) mass is 199 g/mol. The van der Waals surface area contributed by atoms with Crippen LogP contribution in [-0.4, -0.2) is 35.2 Å². The quantitative estimate of drug-likeness (QED) is 0.753. The summed E-state index contributed by atoms with van der Waals surface area (Å²) in [6, 6.07) is 0.674. The van der Waals surface area contributed by atoms with E-state index < -0.39 is 0 Å². The van der Waals surface area contributed by atoms with Crippen LogP contribution in [0.15, 0.2) is 0 Å². The summed E-state index contributed by atoms with van der Waals surface area (Å²) in [6.07, 6.45) is 5.27. The molecule has 0 aromatic heterocycles. The summed E-state index contributed by atoms with van der Waals surface area (Å²) in [5.41, 5.74) is -0.0642. The summed E-state index contributed by atoms with van der Waals surface area (Å²) < 4.78 is 0. The van der Waals surface area contributed by atoms with E-state index in [4.69, 9.17) is 0 Å². The van der Waals surface area contributed by atoms with Crippen molar-refractivity contribution in [3.05, 3.63) is 0 Å². The zero-order valence-corrected chi connectivity index (χ0v) is 10.1. The third-order valence-electron chi connectivity index (χ3n) is 3.87. The number of nitrogens with zero attached hydrogens (tertiary/aromatic N) is 1. The smallest absolute Gasteiger partial charge is 0.0610 e. The molecular weight excluding hydrogens is 174 g/mol. The third-order valence-corrected chi connectivity index (χ3v) is 3.87. The minimum absolute atomic E-state index is 0.0642. The lowest BCUT2D eigenvalue weighted by molar-refractivity contribution is 0.0268. The normalized spacial score (nSPS) is 29.6. The fraction of sp³-hybridized carbons (Fsp3) is 1.00. The van der Waals surface area contributed by atoms with Crippen molar-refractivity contribution in [2.24, 2.45) is 5.92 Å². The zero-order chi connectivity index (χ0) is 10.8. The molecule has 1 rings (SSSR count). The summed E-state index contributed by atoms with van der Waals surface area (Å²) in [7, 11) is 2.15. The molecule has 1 aliphatic rings. The minimum Gasteiger partial charge on any atom is -0.394 e. The van der Waals surface area contributed by atoms with Gasteiger partial charge in [0.2, 0.25) is 0 Å². The number of hydrogen-bond donors (Lipinski definition) is 1. The van der Waals surface area contributed by atoms with Crippen LogP contribution in [0.5, 0.6) is 0 Å². The van der Waals surface area contributed by atoms with Crippen LogP contribution in [0.2, 0.25) is 0 Å². The molecule has 0 atom stereocenters. The number of likely N-dealkylation sites (N-methyl/N-ethyl adjacent to an activating group) is 1. The van der Waals surface area contributed by atoms with Crippen LogP contribution in [-0.2, 0) is 0 Å². The van der Waals surface area contributed by atoms with Crippen LogP contribution in [0.25, 0.3) is 0 Å². The molecule has 0 amide bonds. The van der Waals surface area contributed by atoms with E-state index in [1.54, 1.807) is 0 Å². The maximum absolute atomic E-state index is 9.31. The first-order chi connectivity index (χ1) is 6.47. The Hall–Kier alpha value is -0.0800. The predicted octanol–water partition coefficient (Wildman–Crippen LogP) is 2.27. The van der Waals surface area contributed by atoms with Gasteiger partial charge in [-0.15, -0.1) is 0 Å². The maximum atomic E-state index is 9.31. The molecule has 0 bridgehead atoms. The molecule has 1 fully saturated rings. The molecule has 1 aliphatic carbocycles. The molecule has 0 unspecified atom stereocenters. The van der Waals surface area contributed by atoms with Crippen molar-refractivity contribution < 1.29 is 5.11 Å². The summed E-state index contributed by atoms with van der Waals surface area (Å²) in [5.74, 6) is 0.900. The van der Waals surface area contributed by atoms with Crippen molar-refractivity contribution in [1.82, 2.24) is 4.90 Å². The Kier molecular flexibility index (Phi) is 3.96. The van der Waals surface area contributed by atoms with E-state index >= 15 is 0 Å². The van der Waals surface area contributed by atoms with Gasteiger partial charge in [-0.1, -0.05) is 6.92 Å². The first-order valence-electron chi connectivity index (χ1n) is 5.81. The van der Waals surface area contributed by atoms with Crippen molar-refractivity contribution in [3.63, 3.8) is 0 Å². The van der Waals surface area contributed by atoms with Gasteiger partial charge < -0.3 is 5.11 Å². The zero-order valence-electron chi connectivity index (χ0n) is 10.1. The lowest BCUT2D eigenvalue weighted by atomic mass is 9.85. The highest BCUT2D eigenvalue weighted by atomic mass is 16.3. The first kappa shape index (κ1) is 12.0. The highest BCUT2D eigenvalue weighted by molar-refractivity contribution is 4.86. The Bertz CT molecular complexity index is 171. The maximum Gasteiger partial charge on any atom is 0.0610 e. The average Bonchev–Trinajstić information content (AvgIpc) is 2.18. The van der Waals surface area contributed by atoms with Gasteiger partial charge in [-0.2, -0.15) is 0 Å². The van der Waals surface area contributed by atoms with Crippen molar-refractivity contribution in [3.8, 4) is 0 Å². The predicted molar refractivity (Wildman–Crippen MR) is 60.3 cm³/mol. The van der Waals surface area contributed by atoms with E-state index in [2.05, 4.69) is 32.7 Å². The highest BCUT2D eigenvalue weighted by Gasteiger charge is 2.30. The number of rotatable bonds is 3. The molecule has 0 radical (unpaired) electrons. The van der Waals surface area contributed by atoms with E-state index in [9.17, 15) is 5.11 Å². The summed E-state index contributed by atoms with van der Waals surface area (Å²) in [6.45, 7) is 6.82. The van der Waals surface area contributed by atoms with Gasteiger partial charge in [0.25, 0.3) is 0 Å². The average molecular weight is 199 g/mol. The van der Waals surface area contributed by atoms with Gasteiger partial charge in [-0.05, 0) is 52.5 Å². The molecule has 0 aromatic carbocycles. The van der Waals surface area contributed by atoms with Gasteiger partial charge in [-0.3, -0.25) is 4.90 Å². The minimum atomic E-state index is -0.0642.